The molecule has 0 spiro atoms. The van der Waals surface area contributed by atoms with E-state index in [4.69, 9.17) is 9.47 Å². The van der Waals surface area contributed by atoms with Crippen LogP contribution >= 0.6 is 0 Å². The summed E-state index contributed by atoms with van der Waals surface area (Å²) < 4.78 is 41.7. The average molecular weight is 450 g/mol. The van der Waals surface area contributed by atoms with Gasteiger partial charge in [0, 0.05) is 17.8 Å². The summed E-state index contributed by atoms with van der Waals surface area (Å²) in [5.74, 6) is 0.846. The highest BCUT2D eigenvalue weighted by atomic mass is 19.1. The van der Waals surface area contributed by atoms with Crippen molar-refractivity contribution in [2.75, 3.05) is 6.61 Å². The van der Waals surface area contributed by atoms with Gasteiger partial charge in [0.15, 0.2) is 0 Å². The van der Waals surface area contributed by atoms with E-state index in [1.54, 1.807) is 42.6 Å². The number of hydrogen-bond acceptors (Lipinski definition) is 5. The lowest BCUT2D eigenvalue weighted by Crippen LogP contribution is -2.24. The minimum atomic E-state index is -0.714. The first kappa shape index (κ1) is 20.9. The molecule has 2 heterocycles. The number of pyridine rings is 1. The molecule has 1 saturated carbocycles. The first-order chi connectivity index (χ1) is 16.1. The number of halogens is 2. The van der Waals surface area contributed by atoms with E-state index in [9.17, 15) is 13.6 Å². The molecule has 0 radical (unpaired) electrons. The Labute approximate surface area is 187 Å². The summed E-state index contributed by atoms with van der Waals surface area (Å²) >= 11 is 0. The van der Waals surface area contributed by atoms with E-state index in [1.807, 2.05) is 0 Å². The van der Waals surface area contributed by atoms with Gasteiger partial charge in [0.2, 0.25) is 5.88 Å². The topological polar surface area (TPSA) is 71.2 Å². The molecule has 0 N–H and O–H groups in total. The van der Waals surface area contributed by atoms with E-state index in [-0.39, 0.29) is 12.1 Å². The van der Waals surface area contributed by atoms with Gasteiger partial charge in [-0.2, -0.15) is 9.78 Å². The Morgan fingerprint density at radius 3 is 2.48 bits per heavy atom. The average Bonchev–Trinajstić information content (AvgIpc) is 3.58. The van der Waals surface area contributed by atoms with E-state index < -0.39 is 17.3 Å². The molecule has 1 aliphatic carbocycles. The van der Waals surface area contributed by atoms with Crippen LogP contribution in [0.15, 0.2) is 71.9 Å². The van der Waals surface area contributed by atoms with Crippen molar-refractivity contribution in [2.45, 2.75) is 19.4 Å². The van der Waals surface area contributed by atoms with Gasteiger partial charge < -0.3 is 9.47 Å². The minimum absolute atomic E-state index is 0.194. The zero-order valence-electron chi connectivity index (χ0n) is 17.5. The van der Waals surface area contributed by atoms with Crippen LogP contribution in [0.1, 0.15) is 18.4 Å². The van der Waals surface area contributed by atoms with Crippen molar-refractivity contribution in [1.82, 2.24) is 19.3 Å². The SMILES string of the molecule is O=c1n(Cc2c(F)cccc2F)cnn1-c1ccc(Oc2ccnc(OCC3CC3)c2)cc1. The predicted molar refractivity (Wildman–Crippen MR) is 116 cm³/mol. The summed E-state index contributed by atoms with van der Waals surface area (Å²) in [7, 11) is 0. The van der Waals surface area contributed by atoms with Gasteiger partial charge in [-0.05, 0) is 61.2 Å². The zero-order chi connectivity index (χ0) is 22.8. The van der Waals surface area contributed by atoms with Gasteiger partial charge in [-0.1, -0.05) is 6.07 Å². The Balaban J connectivity index is 1.29. The molecule has 0 amide bonds. The molecule has 0 bridgehead atoms. The number of benzene rings is 2. The zero-order valence-corrected chi connectivity index (χ0v) is 17.5. The van der Waals surface area contributed by atoms with E-state index in [0.717, 1.165) is 21.4 Å². The minimum Gasteiger partial charge on any atom is -0.477 e. The number of nitrogens with zero attached hydrogens (tertiary/aromatic N) is 4. The predicted octanol–water partition coefficient (Wildman–Crippen LogP) is 4.34. The third-order valence-corrected chi connectivity index (χ3v) is 5.31. The summed E-state index contributed by atoms with van der Waals surface area (Å²) in [6.45, 7) is 0.405. The van der Waals surface area contributed by atoms with E-state index in [0.29, 0.717) is 35.6 Å². The summed E-state index contributed by atoms with van der Waals surface area (Å²) in [6, 6.07) is 13.8. The number of aromatic nitrogens is 4. The highest BCUT2D eigenvalue weighted by Crippen LogP contribution is 2.30. The molecule has 33 heavy (non-hydrogen) atoms. The van der Waals surface area contributed by atoms with Gasteiger partial charge in [0.25, 0.3) is 0 Å². The van der Waals surface area contributed by atoms with Crippen molar-refractivity contribution in [3.05, 3.63) is 94.8 Å². The summed E-state index contributed by atoms with van der Waals surface area (Å²) in [5, 5.41) is 4.06. The monoisotopic (exact) mass is 450 g/mol. The van der Waals surface area contributed by atoms with Crippen molar-refractivity contribution >= 4 is 0 Å². The number of rotatable bonds is 8. The lowest BCUT2D eigenvalue weighted by atomic mass is 10.2. The molecular weight excluding hydrogens is 430 g/mol. The van der Waals surface area contributed by atoms with Crippen LogP contribution in [0.5, 0.6) is 17.4 Å². The lowest BCUT2D eigenvalue weighted by molar-refractivity contribution is 0.287. The molecule has 1 aliphatic rings. The Kier molecular flexibility index (Phi) is 5.60. The molecule has 1 fully saturated rings. The van der Waals surface area contributed by atoms with Crippen molar-refractivity contribution in [2.24, 2.45) is 5.92 Å². The van der Waals surface area contributed by atoms with Crippen LogP contribution in [0.25, 0.3) is 5.69 Å². The van der Waals surface area contributed by atoms with Crippen LogP contribution in [0.2, 0.25) is 0 Å². The molecule has 4 aromatic rings. The first-order valence-electron chi connectivity index (χ1n) is 10.5. The van der Waals surface area contributed by atoms with Crippen LogP contribution < -0.4 is 15.2 Å². The van der Waals surface area contributed by atoms with Crippen molar-refractivity contribution in [1.29, 1.82) is 0 Å². The van der Waals surface area contributed by atoms with Gasteiger partial charge >= 0.3 is 5.69 Å². The Morgan fingerprint density at radius 1 is 1.00 bits per heavy atom. The summed E-state index contributed by atoms with van der Waals surface area (Å²) in [6.07, 6.45) is 5.27. The second kappa shape index (κ2) is 8.85. The fourth-order valence-electron chi connectivity index (χ4n) is 3.29. The Morgan fingerprint density at radius 2 is 1.76 bits per heavy atom. The number of hydrogen-bond donors (Lipinski definition) is 0. The second-order valence-electron chi connectivity index (χ2n) is 7.83. The third-order valence-electron chi connectivity index (χ3n) is 5.31. The third kappa shape index (κ3) is 4.77. The van der Waals surface area contributed by atoms with Gasteiger partial charge in [0.1, 0.15) is 29.5 Å². The molecule has 7 nitrogen and oxygen atoms in total. The molecule has 0 saturated heterocycles. The van der Waals surface area contributed by atoms with Crippen molar-refractivity contribution in [3.63, 3.8) is 0 Å². The van der Waals surface area contributed by atoms with Crippen LogP contribution in [-0.2, 0) is 6.54 Å². The second-order valence-corrected chi connectivity index (χ2v) is 7.83. The first-order valence-corrected chi connectivity index (χ1v) is 10.5. The van der Waals surface area contributed by atoms with E-state index in [1.165, 1.54) is 25.2 Å². The molecule has 2 aromatic carbocycles. The molecular formula is C24H20F2N4O3. The Bertz CT molecular complexity index is 1310. The highest BCUT2D eigenvalue weighted by molar-refractivity contribution is 5.39. The smallest absolute Gasteiger partial charge is 0.350 e. The molecule has 0 unspecified atom stereocenters. The quantitative estimate of drug-likeness (QED) is 0.400. The lowest BCUT2D eigenvalue weighted by Gasteiger charge is -2.09. The molecule has 0 atom stereocenters. The fourth-order valence-corrected chi connectivity index (χ4v) is 3.29. The van der Waals surface area contributed by atoms with E-state index in [2.05, 4.69) is 10.1 Å². The van der Waals surface area contributed by atoms with Gasteiger partial charge in [-0.25, -0.2) is 18.6 Å². The van der Waals surface area contributed by atoms with Crippen LogP contribution in [-0.4, -0.2) is 25.9 Å². The van der Waals surface area contributed by atoms with Crippen molar-refractivity contribution < 1.29 is 18.3 Å². The van der Waals surface area contributed by atoms with Crippen LogP contribution in [0.4, 0.5) is 8.78 Å². The summed E-state index contributed by atoms with van der Waals surface area (Å²) in [5.41, 5.74) is -0.220. The van der Waals surface area contributed by atoms with Crippen molar-refractivity contribution in [3.8, 4) is 23.1 Å². The fraction of sp³-hybridized carbons (Fsp3) is 0.208. The van der Waals surface area contributed by atoms with Gasteiger partial charge in [-0.3, -0.25) is 4.57 Å². The Hall–Kier alpha value is -4.01. The summed E-state index contributed by atoms with van der Waals surface area (Å²) in [4.78, 5) is 16.9. The molecule has 5 rings (SSSR count). The van der Waals surface area contributed by atoms with Gasteiger partial charge in [-0.15, -0.1) is 0 Å². The van der Waals surface area contributed by atoms with Gasteiger partial charge in [0.05, 0.1) is 18.8 Å². The van der Waals surface area contributed by atoms with Crippen LogP contribution in [0, 0.1) is 17.6 Å². The van der Waals surface area contributed by atoms with Crippen LogP contribution in [0.3, 0.4) is 0 Å². The highest BCUT2D eigenvalue weighted by Gasteiger charge is 2.22. The number of ether oxygens (including phenoxy) is 2. The molecule has 2 aromatic heterocycles. The maximum atomic E-state index is 13.9. The standard InChI is InChI=1S/C24H20F2N4O3/c25-21-2-1-3-22(26)20(21)13-29-15-28-30(24(29)31)17-6-8-18(9-7-17)33-19-10-11-27-23(12-19)32-14-16-4-5-16/h1-3,6-12,15-16H,4-5,13-14H2. The normalized spacial score (nSPS) is 13.2. The molecule has 0 aliphatic heterocycles. The maximum Gasteiger partial charge on any atom is 0.350 e. The van der Waals surface area contributed by atoms with E-state index >= 15 is 0 Å². The molecule has 9 heteroatoms. The maximum absolute atomic E-state index is 13.9. The largest absolute Gasteiger partial charge is 0.477 e. The molecule has 168 valence electrons.